The molecule has 65 heavy (non-hydrogen) atoms. The van der Waals surface area contributed by atoms with E-state index in [0.717, 1.165) is 38.5 Å². The minimum absolute atomic E-state index is 0.0624. The molecule has 0 radical (unpaired) electrons. The summed E-state index contributed by atoms with van der Waals surface area (Å²) in [6, 6.07) is -0.838. The van der Waals surface area contributed by atoms with Crippen LogP contribution in [0.4, 0.5) is 0 Å². The van der Waals surface area contributed by atoms with Crippen LogP contribution in [0.1, 0.15) is 277 Å². The topological polar surface area (TPSA) is 105 Å². The number of nitrogens with zero attached hydrogens (tertiary/aromatic N) is 1. The van der Waals surface area contributed by atoms with Crippen LogP contribution in [0.2, 0.25) is 0 Å². The number of amides is 1. The molecule has 0 aromatic carbocycles. The smallest absolute Gasteiger partial charge is 0.387 e. The zero-order valence-electron chi connectivity index (χ0n) is 44.0. The van der Waals surface area contributed by atoms with Gasteiger partial charge in [-0.1, -0.05) is 256 Å². The Balaban J connectivity index is 3.61. The number of phosphoric acid groups is 1. The number of aliphatic hydroxyl groups excluding tert-OH is 1. The van der Waals surface area contributed by atoms with Gasteiger partial charge in [0.05, 0.1) is 39.9 Å². The van der Waals surface area contributed by atoms with E-state index in [-0.39, 0.29) is 19.1 Å². The second kappa shape index (κ2) is 48.0. The molecule has 0 bridgehead atoms. The molecule has 0 aliphatic carbocycles. The Morgan fingerprint density at radius 3 is 1.22 bits per heavy atom. The van der Waals surface area contributed by atoms with Gasteiger partial charge in [0.2, 0.25) is 5.91 Å². The number of rotatable bonds is 52. The highest BCUT2D eigenvalue weighted by atomic mass is 31.2. The molecule has 0 saturated carbocycles. The van der Waals surface area contributed by atoms with E-state index in [1.54, 1.807) is 6.08 Å². The SMILES string of the molecule is CCCC/C=C/C(O)C(COP(=O)(O)OCC[N+](C)(C)C)NC(=O)CCCCCCCCCCCCCCCCCCCCCCCCCCCCC/C=C\CCCCCCCCCC. The first-order chi connectivity index (χ1) is 31.5. The highest BCUT2D eigenvalue weighted by molar-refractivity contribution is 7.47. The van der Waals surface area contributed by atoms with Crippen molar-refractivity contribution in [2.45, 2.75) is 289 Å². The van der Waals surface area contributed by atoms with Crippen LogP contribution in [-0.4, -0.2) is 73.4 Å². The van der Waals surface area contributed by atoms with Crippen molar-refractivity contribution in [3.8, 4) is 0 Å². The summed E-state index contributed by atoms with van der Waals surface area (Å²) in [6.07, 6.45) is 61.1. The number of unbranched alkanes of at least 4 members (excludes halogenated alkanes) is 37. The Hall–Kier alpha value is -1.02. The number of quaternary nitrogens is 1. The zero-order valence-corrected chi connectivity index (χ0v) is 44.9. The number of nitrogens with one attached hydrogen (secondary N) is 1. The molecule has 0 rings (SSSR count). The van der Waals surface area contributed by atoms with Gasteiger partial charge in [0.25, 0.3) is 0 Å². The van der Waals surface area contributed by atoms with Crippen molar-refractivity contribution in [1.29, 1.82) is 0 Å². The van der Waals surface area contributed by atoms with Crippen LogP contribution in [0.15, 0.2) is 24.3 Å². The summed E-state index contributed by atoms with van der Waals surface area (Å²) in [5.41, 5.74) is 0. The number of hydrogen-bond donors (Lipinski definition) is 3. The lowest BCUT2D eigenvalue weighted by Gasteiger charge is -2.25. The number of allylic oxidation sites excluding steroid dienone is 3. The quantitative estimate of drug-likeness (QED) is 0.0243. The largest absolute Gasteiger partial charge is 0.472 e. The number of phosphoric ester groups is 1. The fraction of sp³-hybridized carbons (Fsp3) is 0.911. The number of hydrogen-bond acceptors (Lipinski definition) is 5. The molecule has 0 fully saturated rings. The van der Waals surface area contributed by atoms with Gasteiger partial charge in [0.1, 0.15) is 13.2 Å². The van der Waals surface area contributed by atoms with Crippen LogP contribution in [-0.2, 0) is 18.4 Å². The fourth-order valence-electron chi connectivity index (χ4n) is 8.44. The van der Waals surface area contributed by atoms with E-state index in [1.807, 2.05) is 27.2 Å². The maximum absolute atomic E-state index is 12.8. The summed E-state index contributed by atoms with van der Waals surface area (Å²) in [5, 5.41) is 13.6. The van der Waals surface area contributed by atoms with Gasteiger partial charge in [-0.2, -0.15) is 0 Å². The van der Waals surface area contributed by atoms with E-state index in [9.17, 15) is 19.4 Å². The lowest BCUT2D eigenvalue weighted by molar-refractivity contribution is -0.870. The van der Waals surface area contributed by atoms with E-state index in [0.29, 0.717) is 17.4 Å². The van der Waals surface area contributed by atoms with E-state index in [1.165, 1.54) is 218 Å². The first kappa shape index (κ1) is 64.0. The summed E-state index contributed by atoms with van der Waals surface area (Å²) in [4.78, 5) is 22.9. The van der Waals surface area contributed by atoms with Crippen LogP contribution in [0, 0.1) is 0 Å². The molecule has 3 unspecified atom stereocenters. The van der Waals surface area contributed by atoms with Gasteiger partial charge >= 0.3 is 7.82 Å². The average molecular weight is 940 g/mol. The van der Waals surface area contributed by atoms with Crippen molar-refractivity contribution < 1.29 is 32.9 Å². The molecule has 0 heterocycles. The molecular weight excluding hydrogens is 828 g/mol. The number of aliphatic hydroxyl groups is 1. The minimum atomic E-state index is -4.32. The predicted octanol–water partition coefficient (Wildman–Crippen LogP) is 16.8. The molecule has 0 aromatic rings. The normalized spacial score (nSPS) is 14.1. The summed E-state index contributed by atoms with van der Waals surface area (Å²) < 4.78 is 23.3. The van der Waals surface area contributed by atoms with Crippen LogP contribution in [0.3, 0.4) is 0 Å². The Kier molecular flexibility index (Phi) is 47.3. The molecule has 9 heteroatoms. The van der Waals surface area contributed by atoms with Gasteiger partial charge in [0.15, 0.2) is 0 Å². The first-order valence-corrected chi connectivity index (χ1v) is 29.7. The van der Waals surface area contributed by atoms with Crippen LogP contribution < -0.4 is 5.32 Å². The molecular formula is C56H112N2O6P+. The first-order valence-electron chi connectivity index (χ1n) is 28.2. The Morgan fingerprint density at radius 1 is 0.508 bits per heavy atom. The van der Waals surface area contributed by atoms with Gasteiger partial charge < -0.3 is 19.8 Å². The lowest BCUT2D eigenvalue weighted by Crippen LogP contribution is -2.45. The van der Waals surface area contributed by atoms with E-state index >= 15 is 0 Å². The summed E-state index contributed by atoms with van der Waals surface area (Å²) in [5.74, 6) is -0.182. The second-order valence-electron chi connectivity index (χ2n) is 20.7. The number of likely N-dealkylation sites (N-methyl/N-ethyl adjacent to an activating group) is 1. The third-order valence-electron chi connectivity index (χ3n) is 12.9. The van der Waals surface area contributed by atoms with Crippen molar-refractivity contribution in [3.63, 3.8) is 0 Å². The molecule has 0 aromatic heterocycles. The molecule has 0 saturated heterocycles. The zero-order chi connectivity index (χ0) is 47.8. The third kappa shape index (κ3) is 50.7. The number of carbonyl (C=O) groups excluding carboxylic acids is 1. The van der Waals surface area contributed by atoms with E-state index in [4.69, 9.17) is 9.05 Å². The van der Waals surface area contributed by atoms with Gasteiger partial charge in [-0.3, -0.25) is 13.8 Å². The molecule has 0 spiro atoms. The molecule has 0 aliphatic heterocycles. The van der Waals surface area contributed by atoms with Crippen molar-refractivity contribution in [3.05, 3.63) is 24.3 Å². The highest BCUT2D eigenvalue weighted by Gasteiger charge is 2.27. The molecule has 386 valence electrons. The van der Waals surface area contributed by atoms with Gasteiger partial charge in [-0.15, -0.1) is 0 Å². The second-order valence-corrected chi connectivity index (χ2v) is 22.1. The Morgan fingerprint density at radius 2 is 0.846 bits per heavy atom. The van der Waals surface area contributed by atoms with Crippen molar-refractivity contribution in [2.75, 3.05) is 40.9 Å². The highest BCUT2D eigenvalue weighted by Crippen LogP contribution is 2.43. The minimum Gasteiger partial charge on any atom is -0.387 e. The van der Waals surface area contributed by atoms with Gasteiger partial charge in [0, 0.05) is 6.42 Å². The van der Waals surface area contributed by atoms with Crippen molar-refractivity contribution >= 4 is 13.7 Å². The van der Waals surface area contributed by atoms with Crippen molar-refractivity contribution in [2.24, 2.45) is 0 Å². The van der Waals surface area contributed by atoms with Gasteiger partial charge in [-0.05, 0) is 38.5 Å². The molecule has 3 atom stereocenters. The summed E-state index contributed by atoms with van der Waals surface area (Å²) in [7, 11) is 1.58. The Bertz CT molecular complexity index is 1110. The number of carbonyl (C=O) groups is 1. The predicted molar refractivity (Wildman–Crippen MR) is 281 cm³/mol. The van der Waals surface area contributed by atoms with E-state index < -0.39 is 20.0 Å². The molecule has 1 amide bonds. The van der Waals surface area contributed by atoms with Crippen molar-refractivity contribution in [1.82, 2.24) is 5.32 Å². The van der Waals surface area contributed by atoms with Crippen LogP contribution >= 0.6 is 7.82 Å². The monoisotopic (exact) mass is 940 g/mol. The molecule has 8 nitrogen and oxygen atoms in total. The fourth-order valence-corrected chi connectivity index (χ4v) is 9.17. The summed E-state index contributed by atoms with van der Waals surface area (Å²) in [6.45, 7) is 4.68. The molecule has 3 N–H and O–H groups in total. The van der Waals surface area contributed by atoms with Crippen LogP contribution in [0.25, 0.3) is 0 Å². The maximum Gasteiger partial charge on any atom is 0.472 e. The third-order valence-corrected chi connectivity index (χ3v) is 13.9. The van der Waals surface area contributed by atoms with Crippen LogP contribution in [0.5, 0.6) is 0 Å². The standard InChI is InChI=1S/C56H111N2O6P/c1-6-8-10-12-13-14-15-16-17-18-19-20-21-22-23-24-25-26-27-28-29-30-31-32-33-34-35-36-37-38-39-40-41-42-43-44-45-46-48-50-56(60)57-54(55(59)49-47-11-9-7-2)53-64-65(61,62)63-52-51-58(3,4)5/h18-19,47,49,54-55,59H,6-17,20-46,48,50-53H2,1-5H3,(H-,57,60,61,62)/p+1/b19-18-,49-47+. The summed E-state index contributed by atoms with van der Waals surface area (Å²) >= 11 is 0. The average Bonchev–Trinajstić information content (AvgIpc) is 3.26. The van der Waals surface area contributed by atoms with E-state index in [2.05, 4.69) is 31.3 Å². The lowest BCUT2D eigenvalue weighted by atomic mass is 10.0. The molecule has 0 aliphatic rings. The maximum atomic E-state index is 12.8. The van der Waals surface area contributed by atoms with Gasteiger partial charge in [-0.25, -0.2) is 4.57 Å². The Labute approximate surface area is 404 Å².